The lowest BCUT2D eigenvalue weighted by Crippen LogP contribution is -1.83. The van der Waals surface area contributed by atoms with Gasteiger partial charge in [0.05, 0.1) is 5.08 Å². The standard InChI is InChI=1S/C7H16S8/c1-8-5-12-13-6-10-3-4-11-7-14-15-9-2/h3-7H2,1-2H3. The third-order valence-corrected chi connectivity index (χ3v) is 12.0. The Labute approximate surface area is 126 Å². The Hall–Kier alpha value is 2.80. The van der Waals surface area contributed by atoms with Crippen molar-refractivity contribution in [3.05, 3.63) is 0 Å². The summed E-state index contributed by atoms with van der Waals surface area (Å²) in [5, 5.41) is 3.67. The van der Waals surface area contributed by atoms with E-state index in [-0.39, 0.29) is 0 Å². The summed E-state index contributed by atoms with van der Waals surface area (Å²) in [5.41, 5.74) is 0. The summed E-state index contributed by atoms with van der Waals surface area (Å²) < 4.78 is 0. The van der Waals surface area contributed by atoms with Crippen LogP contribution in [0.1, 0.15) is 0 Å². The van der Waals surface area contributed by atoms with Crippen LogP contribution in [0.15, 0.2) is 0 Å². The van der Waals surface area contributed by atoms with Crippen LogP contribution in [0.3, 0.4) is 0 Å². The van der Waals surface area contributed by atoms with Crippen molar-refractivity contribution in [1.29, 1.82) is 0 Å². The lowest BCUT2D eigenvalue weighted by molar-refractivity contribution is 1.56. The zero-order valence-corrected chi connectivity index (χ0v) is 15.3. The zero-order valence-electron chi connectivity index (χ0n) is 8.80. The molecule has 0 nitrogen and oxygen atoms in total. The Balaban J connectivity index is 2.81. The molecule has 0 aromatic carbocycles. The van der Waals surface area contributed by atoms with Gasteiger partial charge in [-0.1, -0.05) is 43.2 Å². The Morgan fingerprint density at radius 2 is 1.33 bits per heavy atom. The smallest absolute Gasteiger partial charge is 0.0504 e. The van der Waals surface area contributed by atoms with Crippen molar-refractivity contribution < 1.29 is 0 Å². The van der Waals surface area contributed by atoms with Gasteiger partial charge >= 0.3 is 0 Å². The molecule has 0 rings (SSSR count). The highest BCUT2D eigenvalue weighted by Crippen LogP contribution is 2.34. The van der Waals surface area contributed by atoms with Crippen molar-refractivity contribution >= 4 is 88.3 Å². The van der Waals surface area contributed by atoms with Gasteiger partial charge in [-0.3, -0.25) is 0 Å². The largest absolute Gasteiger partial charge is 0.154 e. The summed E-state index contributed by atoms with van der Waals surface area (Å²) in [7, 11) is 9.62. The van der Waals surface area contributed by atoms with Crippen LogP contribution in [0.5, 0.6) is 0 Å². The summed E-state index contributed by atoms with van der Waals surface area (Å²) in [4.78, 5) is 0. The molecule has 0 bridgehead atoms. The van der Waals surface area contributed by atoms with Gasteiger partial charge in [-0.25, -0.2) is 0 Å². The molecule has 0 N–H and O–H groups in total. The lowest BCUT2D eigenvalue weighted by atomic mass is 11.0. The molecule has 0 aliphatic rings. The molecule has 0 aromatic rings. The molecular weight excluding hydrogens is 341 g/mol. The van der Waals surface area contributed by atoms with Gasteiger partial charge in [-0.05, 0) is 22.3 Å². The molecule has 0 atom stereocenters. The minimum atomic E-state index is 1.21. The fourth-order valence-corrected chi connectivity index (χ4v) is 9.98. The average Bonchev–Trinajstić information content (AvgIpc) is 2.26. The first-order valence-electron chi connectivity index (χ1n) is 4.13. The Morgan fingerprint density at radius 1 is 0.733 bits per heavy atom. The van der Waals surface area contributed by atoms with Crippen LogP contribution in [-0.4, -0.2) is 39.3 Å². The van der Waals surface area contributed by atoms with E-state index >= 15 is 0 Å². The molecule has 0 amide bonds. The normalized spacial score (nSPS) is 10.8. The fraction of sp³-hybridized carbons (Fsp3) is 1.00. The van der Waals surface area contributed by atoms with E-state index in [9.17, 15) is 0 Å². The molecule has 0 heterocycles. The second-order valence-corrected chi connectivity index (χ2v) is 13.0. The topological polar surface area (TPSA) is 0 Å². The summed E-state index contributed by atoms with van der Waals surface area (Å²) in [6.45, 7) is 0. The van der Waals surface area contributed by atoms with E-state index in [2.05, 4.69) is 24.3 Å². The maximum atomic E-state index is 2.15. The first-order valence-corrected chi connectivity index (χ1v) is 14.4. The van der Waals surface area contributed by atoms with Crippen molar-refractivity contribution in [2.24, 2.45) is 0 Å². The highest BCUT2D eigenvalue weighted by Gasteiger charge is 1.93. The average molecular weight is 357 g/mol. The van der Waals surface area contributed by atoms with E-state index in [0.29, 0.717) is 0 Å². The van der Waals surface area contributed by atoms with Crippen LogP contribution >= 0.6 is 88.3 Å². The Morgan fingerprint density at radius 3 is 1.93 bits per heavy atom. The Bertz CT molecular complexity index is 99.2. The summed E-state index contributed by atoms with van der Waals surface area (Å²) in [6.07, 6.45) is 4.28. The monoisotopic (exact) mass is 356 g/mol. The van der Waals surface area contributed by atoms with Gasteiger partial charge in [0.1, 0.15) is 0 Å². The van der Waals surface area contributed by atoms with Gasteiger partial charge in [0, 0.05) is 21.7 Å². The molecule has 0 aliphatic heterocycles. The summed E-state index contributed by atoms with van der Waals surface area (Å²) >= 11 is 6.01. The van der Waals surface area contributed by atoms with Crippen LogP contribution in [0.4, 0.5) is 0 Å². The van der Waals surface area contributed by atoms with E-state index in [0.717, 1.165) is 0 Å². The predicted molar refractivity (Wildman–Crippen MR) is 96.9 cm³/mol. The fourth-order valence-electron chi connectivity index (χ4n) is 0.488. The van der Waals surface area contributed by atoms with Gasteiger partial charge in [0.2, 0.25) is 0 Å². The van der Waals surface area contributed by atoms with Gasteiger partial charge in [0.15, 0.2) is 0 Å². The summed E-state index contributed by atoms with van der Waals surface area (Å²) in [6, 6.07) is 0. The molecule has 0 aromatic heterocycles. The molecule has 8 heteroatoms. The molecule has 0 spiro atoms. The highest BCUT2D eigenvalue weighted by atomic mass is 33.5. The minimum Gasteiger partial charge on any atom is -0.154 e. The number of hydrogen-bond acceptors (Lipinski definition) is 8. The van der Waals surface area contributed by atoms with E-state index in [1.165, 1.54) is 26.8 Å². The molecule has 0 aliphatic carbocycles. The van der Waals surface area contributed by atoms with Crippen molar-refractivity contribution in [3.8, 4) is 0 Å². The van der Waals surface area contributed by atoms with Crippen molar-refractivity contribution in [1.82, 2.24) is 0 Å². The van der Waals surface area contributed by atoms with Crippen LogP contribution in [0, 0.1) is 0 Å². The predicted octanol–water partition coefficient (Wildman–Crippen LogP) is 5.73. The molecule has 0 radical (unpaired) electrons. The van der Waals surface area contributed by atoms with Crippen LogP contribution < -0.4 is 0 Å². The molecule has 0 fully saturated rings. The van der Waals surface area contributed by atoms with Crippen molar-refractivity contribution in [2.75, 3.05) is 39.3 Å². The molecular formula is C7H16S8. The van der Waals surface area contributed by atoms with Gasteiger partial charge in [-0.2, -0.15) is 11.8 Å². The van der Waals surface area contributed by atoms with E-state index in [4.69, 9.17) is 0 Å². The molecule has 92 valence electrons. The SMILES string of the molecule is CSCSSCSCCSCSSSC. The number of hydrogen-bond donors (Lipinski definition) is 0. The molecule has 15 heavy (non-hydrogen) atoms. The third-order valence-electron chi connectivity index (χ3n) is 1.00. The first kappa shape index (κ1) is 17.8. The summed E-state index contributed by atoms with van der Waals surface area (Å²) in [5.74, 6) is 2.59. The van der Waals surface area contributed by atoms with Crippen LogP contribution in [-0.2, 0) is 0 Å². The quantitative estimate of drug-likeness (QED) is 0.244. The first-order chi connectivity index (χ1) is 7.41. The van der Waals surface area contributed by atoms with Crippen molar-refractivity contribution in [2.45, 2.75) is 0 Å². The molecule has 0 unspecified atom stereocenters. The van der Waals surface area contributed by atoms with Crippen LogP contribution in [0.2, 0.25) is 0 Å². The molecule has 0 saturated heterocycles. The van der Waals surface area contributed by atoms with E-state index in [1.54, 1.807) is 0 Å². The van der Waals surface area contributed by atoms with Gasteiger partial charge < -0.3 is 0 Å². The van der Waals surface area contributed by atoms with E-state index in [1.807, 2.05) is 76.5 Å². The lowest BCUT2D eigenvalue weighted by Gasteiger charge is -2.01. The second kappa shape index (κ2) is 16.8. The van der Waals surface area contributed by atoms with Gasteiger partial charge in [0.25, 0.3) is 0 Å². The van der Waals surface area contributed by atoms with E-state index < -0.39 is 0 Å². The Kier molecular flexibility index (Phi) is 19.9. The highest BCUT2D eigenvalue weighted by molar-refractivity contribution is 9.09. The van der Waals surface area contributed by atoms with Crippen molar-refractivity contribution in [3.63, 3.8) is 0 Å². The minimum absolute atomic E-state index is 1.21. The maximum Gasteiger partial charge on any atom is 0.0504 e. The second-order valence-electron chi connectivity index (χ2n) is 2.05. The maximum absolute atomic E-state index is 2.15. The number of thioether (sulfide) groups is 3. The van der Waals surface area contributed by atoms with Gasteiger partial charge in [-0.15, -0.1) is 23.5 Å². The van der Waals surface area contributed by atoms with Crippen LogP contribution in [0.25, 0.3) is 0 Å². The number of rotatable bonds is 12. The third kappa shape index (κ3) is 16.8. The zero-order chi connectivity index (χ0) is 11.2. The molecule has 0 saturated carbocycles.